The number of carbonyl (C=O) groups excluding carboxylic acids is 2. The van der Waals surface area contributed by atoms with E-state index in [1.54, 1.807) is 0 Å². The number of nitrogens with zero attached hydrogens (tertiary/aromatic N) is 1. The van der Waals surface area contributed by atoms with Crippen molar-refractivity contribution in [1.29, 1.82) is 0 Å². The summed E-state index contributed by atoms with van der Waals surface area (Å²) in [6, 6.07) is 0. The molecule has 0 spiro atoms. The van der Waals surface area contributed by atoms with Crippen LogP contribution in [0.2, 0.25) is 0 Å². The van der Waals surface area contributed by atoms with Crippen LogP contribution in [0.4, 0.5) is 0 Å². The fourth-order valence-corrected chi connectivity index (χ4v) is 5.81. The highest BCUT2D eigenvalue weighted by molar-refractivity contribution is 7.45. The number of esters is 2. The lowest BCUT2D eigenvalue weighted by Crippen LogP contribution is -2.37. The van der Waals surface area contributed by atoms with Crippen LogP contribution in [-0.2, 0) is 32.7 Å². The molecule has 0 amide bonds. The minimum absolute atomic E-state index is 0.0545. The Morgan fingerprint density at radius 2 is 0.933 bits per heavy atom. The Morgan fingerprint density at radius 1 is 0.517 bits per heavy atom. The van der Waals surface area contributed by atoms with Crippen molar-refractivity contribution in [3.63, 3.8) is 0 Å². The predicted molar refractivity (Wildman–Crippen MR) is 249 cm³/mol. The van der Waals surface area contributed by atoms with E-state index in [9.17, 15) is 19.0 Å². The lowest BCUT2D eigenvalue weighted by Gasteiger charge is -2.28. The second-order valence-corrected chi connectivity index (χ2v) is 16.7. The van der Waals surface area contributed by atoms with Crippen molar-refractivity contribution in [3.05, 3.63) is 122 Å². The van der Waals surface area contributed by atoms with Gasteiger partial charge < -0.3 is 27.9 Å². The molecule has 60 heavy (non-hydrogen) atoms. The summed E-state index contributed by atoms with van der Waals surface area (Å²) in [5, 5.41) is 0. The first kappa shape index (κ1) is 56.4. The first-order valence-corrected chi connectivity index (χ1v) is 23.7. The summed E-state index contributed by atoms with van der Waals surface area (Å²) in [5.74, 6) is -0.974. The molecule has 338 valence electrons. The standard InChI is InChI=1S/C50H80NO8P/c1-6-8-10-12-14-16-18-20-21-22-23-24-25-26-27-28-29-31-33-35-37-39-41-43-50(53)59-48(47-58-60(54,55)57-45-44-51(3,4)5)46-56-49(52)42-40-38-36-34-32-30-19-17-15-13-11-9-7-2/h8-11,14-17,20-21,23-24,26-27,29-32,36,38,48H,6-7,12-13,18-19,22,25,28,33-35,37,39-47H2,1-5H3/b10-8-,11-9-,16-14-,17-15-,21-20-,24-23-,27-26-,31-29-,32-30-,38-36-. The van der Waals surface area contributed by atoms with Gasteiger partial charge in [-0.3, -0.25) is 14.2 Å². The number of hydrogen-bond acceptors (Lipinski definition) is 8. The minimum Gasteiger partial charge on any atom is -0.756 e. The molecule has 0 fully saturated rings. The fraction of sp³-hybridized carbons (Fsp3) is 0.560. The molecular formula is C50H80NO8P. The molecule has 10 heteroatoms. The molecule has 0 aliphatic rings. The van der Waals surface area contributed by atoms with Crippen molar-refractivity contribution in [2.75, 3.05) is 47.5 Å². The number of unbranched alkanes of at least 4 members (excludes halogenated alkanes) is 4. The highest BCUT2D eigenvalue weighted by Crippen LogP contribution is 2.38. The Balaban J connectivity index is 4.49. The Hall–Kier alpha value is -3.59. The molecule has 0 bridgehead atoms. The molecule has 0 aliphatic heterocycles. The monoisotopic (exact) mass is 854 g/mol. The molecule has 0 heterocycles. The first-order valence-electron chi connectivity index (χ1n) is 22.2. The highest BCUT2D eigenvalue weighted by atomic mass is 31.2. The molecule has 0 radical (unpaired) electrons. The summed E-state index contributed by atoms with van der Waals surface area (Å²) in [5.41, 5.74) is 0. The van der Waals surface area contributed by atoms with Crippen LogP contribution in [0, 0.1) is 0 Å². The Kier molecular flexibility index (Phi) is 38.4. The second kappa shape index (κ2) is 40.8. The number of hydrogen-bond donors (Lipinski definition) is 0. The van der Waals surface area contributed by atoms with Gasteiger partial charge in [-0.2, -0.15) is 0 Å². The number of rotatable bonds is 38. The summed E-state index contributed by atoms with van der Waals surface area (Å²) in [7, 11) is 1.09. The van der Waals surface area contributed by atoms with E-state index in [0.717, 1.165) is 89.9 Å². The smallest absolute Gasteiger partial charge is 0.306 e. The molecule has 0 rings (SSSR count). The molecule has 0 aromatic heterocycles. The van der Waals surface area contributed by atoms with Crippen LogP contribution in [0.15, 0.2) is 122 Å². The van der Waals surface area contributed by atoms with Crippen molar-refractivity contribution in [2.45, 2.75) is 136 Å². The van der Waals surface area contributed by atoms with Crippen molar-refractivity contribution in [1.82, 2.24) is 0 Å². The van der Waals surface area contributed by atoms with E-state index in [2.05, 4.69) is 123 Å². The van der Waals surface area contributed by atoms with Gasteiger partial charge in [0, 0.05) is 12.8 Å². The maximum Gasteiger partial charge on any atom is 0.306 e. The minimum atomic E-state index is -4.66. The molecule has 9 nitrogen and oxygen atoms in total. The van der Waals surface area contributed by atoms with E-state index in [1.165, 1.54) is 0 Å². The van der Waals surface area contributed by atoms with Crippen molar-refractivity contribution >= 4 is 19.8 Å². The molecule has 0 saturated heterocycles. The molecule has 2 atom stereocenters. The number of likely N-dealkylation sites (N-methyl/N-ethyl adjacent to an activating group) is 1. The van der Waals surface area contributed by atoms with Gasteiger partial charge in [0.2, 0.25) is 0 Å². The van der Waals surface area contributed by atoms with Crippen LogP contribution in [0.1, 0.15) is 129 Å². The van der Waals surface area contributed by atoms with Crippen molar-refractivity contribution in [3.8, 4) is 0 Å². The average molecular weight is 854 g/mol. The lowest BCUT2D eigenvalue weighted by molar-refractivity contribution is -0.870. The second-order valence-electron chi connectivity index (χ2n) is 15.3. The van der Waals surface area contributed by atoms with E-state index in [0.29, 0.717) is 23.9 Å². The number of carbonyl (C=O) groups is 2. The topological polar surface area (TPSA) is 111 Å². The van der Waals surface area contributed by atoms with E-state index in [-0.39, 0.29) is 26.1 Å². The third-order valence-electron chi connectivity index (χ3n) is 8.49. The molecule has 0 saturated carbocycles. The van der Waals surface area contributed by atoms with Crippen molar-refractivity contribution < 1.29 is 42.1 Å². The van der Waals surface area contributed by atoms with Crippen LogP contribution >= 0.6 is 7.82 Å². The lowest BCUT2D eigenvalue weighted by atomic mass is 10.1. The number of ether oxygens (including phenoxy) is 2. The quantitative estimate of drug-likeness (QED) is 0.0198. The number of quaternary nitrogens is 1. The van der Waals surface area contributed by atoms with Gasteiger partial charge in [0.25, 0.3) is 7.82 Å². The molecule has 0 N–H and O–H groups in total. The molecule has 0 aromatic rings. The summed E-state index contributed by atoms with van der Waals surface area (Å²) in [6.45, 7) is 3.84. The van der Waals surface area contributed by atoms with E-state index in [4.69, 9.17) is 18.5 Å². The molecular weight excluding hydrogens is 774 g/mol. The Bertz CT molecular complexity index is 1430. The van der Waals surface area contributed by atoms with E-state index < -0.39 is 32.5 Å². The van der Waals surface area contributed by atoms with Gasteiger partial charge in [0.05, 0.1) is 27.7 Å². The summed E-state index contributed by atoms with van der Waals surface area (Å²) >= 11 is 0. The Labute approximate surface area is 365 Å². The number of phosphoric acid groups is 1. The molecule has 2 unspecified atom stereocenters. The van der Waals surface area contributed by atoms with Crippen LogP contribution in [0.25, 0.3) is 0 Å². The maximum absolute atomic E-state index is 12.7. The van der Waals surface area contributed by atoms with Gasteiger partial charge in [0.1, 0.15) is 19.8 Å². The predicted octanol–water partition coefficient (Wildman–Crippen LogP) is 12.3. The fourth-order valence-electron chi connectivity index (χ4n) is 5.08. The maximum atomic E-state index is 12.7. The van der Waals surface area contributed by atoms with Gasteiger partial charge in [-0.05, 0) is 89.9 Å². The van der Waals surface area contributed by atoms with Crippen LogP contribution in [0.3, 0.4) is 0 Å². The van der Waals surface area contributed by atoms with Gasteiger partial charge in [-0.1, -0.05) is 148 Å². The first-order chi connectivity index (χ1) is 29.0. The normalized spacial score (nSPS) is 14.7. The molecule has 0 aliphatic carbocycles. The largest absolute Gasteiger partial charge is 0.756 e. The van der Waals surface area contributed by atoms with E-state index in [1.807, 2.05) is 33.3 Å². The summed E-state index contributed by atoms with van der Waals surface area (Å²) in [6.07, 6.45) is 56.8. The molecule has 0 aromatic carbocycles. The van der Waals surface area contributed by atoms with Crippen molar-refractivity contribution in [2.24, 2.45) is 0 Å². The van der Waals surface area contributed by atoms with Crippen LogP contribution in [0.5, 0.6) is 0 Å². The highest BCUT2D eigenvalue weighted by Gasteiger charge is 2.21. The average Bonchev–Trinajstić information content (AvgIpc) is 3.20. The number of phosphoric ester groups is 1. The third kappa shape index (κ3) is 44.0. The zero-order chi connectivity index (χ0) is 44.3. The Morgan fingerprint density at radius 3 is 1.38 bits per heavy atom. The van der Waals surface area contributed by atoms with E-state index >= 15 is 0 Å². The zero-order valence-corrected chi connectivity index (χ0v) is 38.7. The SMILES string of the molecule is CC/C=C\C/C=C\C/C=C\C/C=C\C/C=C\C/C=C\CCCCCCC(=O)OC(COC(=O)CC/C=C\C/C=C\C/C=C\C/C=C\CC)COP(=O)([O-])OCC[N+](C)(C)C. The third-order valence-corrected chi connectivity index (χ3v) is 9.45. The van der Waals surface area contributed by atoms with Gasteiger partial charge >= 0.3 is 11.9 Å². The zero-order valence-electron chi connectivity index (χ0n) is 37.8. The van der Waals surface area contributed by atoms with Crippen LogP contribution in [-0.4, -0.2) is 70.0 Å². The number of allylic oxidation sites excluding steroid dienone is 20. The van der Waals surface area contributed by atoms with Gasteiger partial charge in [0.15, 0.2) is 6.10 Å². The van der Waals surface area contributed by atoms with Gasteiger partial charge in [-0.25, -0.2) is 0 Å². The summed E-state index contributed by atoms with van der Waals surface area (Å²) < 4.78 is 33.8. The van der Waals surface area contributed by atoms with Gasteiger partial charge in [-0.15, -0.1) is 0 Å². The summed E-state index contributed by atoms with van der Waals surface area (Å²) in [4.78, 5) is 37.5. The van der Waals surface area contributed by atoms with Crippen LogP contribution < -0.4 is 4.89 Å².